The van der Waals surface area contributed by atoms with Crippen LogP contribution in [0.15, 0.2) is 0 Å². The van der Waals surface area contributed by atoms with E-state index in [0.717, 1.165) is 0 Å². The summed E-state index contributed by atoms with van der Waals surface area (Å²) >= 11 is 0. The van der Waals surface area contributed by atoms with E-state index in [1.54, 1.807) is 0 Å². The maximum Gasteiger partial charge on any atom is 2.00 e. The first-order valence-electron chi connectivity index (χ1n) is 4.39. The Kier molecular flexibility index (Phi) is 6.66. The molecular formula is C6H15CaO10P. The van der Waals surface area contributed by atoms with Crippen molar-refractivity contribution < 1.29 is 52.4 Å². The van der Waals surface area contributed by atoms with E-state index >= 15 is 0 Å². The molecule has 8 N–H and O–H groups in total. The molecule has 2 unspecified atom stereocenters. The van der Waals surface area contributed by atoms with Crippen LogP contribution >= 0.6 is 7.82 Å². The topological polar surface area (TPSA) is 188 Å². The molecule has 10 nitrogen and oxygen atoms in total. The van der Waals surface area contributed by atoms with Gasteiger partial charge in [-0.2, -0.15) is 0 Å². The Bertz CT molecular complexity index is 326. The van der Waals surface area contributed by atoms with Crippen LogP contribution in [0, 0.1) is 0 Å². The molecule has 0 aromatic heterocycles. The van der Waals surface area contributed by atoms with Crippen LogP contribution < -0.4 is 0 Å². The third-order valence-electron chi connectivity index (χ3n) is 2.46. The molecule has 6 atom stereocenters. The number of phosphoric ester groups is 1. The van der Waals surface area contributed by atoms with Crippen molar-refractivity contribution in [2.45, 2.75) is 36.3 Å². The van der Waals surface area contributed by atoms with E-state index in [2.05, 4.69) is 4.52 Å². The van der Waals surface area contributed by atoms with E-state index in [9.17, 15) is 30.1 Å². The molecular weight excluding hydrogens is 303 g/mol. The third-order valence-corrected chi connectivity index (χ3v) is 2.99. The third kappa shape index (κ3) is 3.61. The fraction of sp³-hybridized carbons (Fsp3) is 1.00. The zero-order valence-corrected chi connectivity index (χ0v) is 12.0. The minimum absolute atomic E-state index is 0. The van der Waals surface area contributed by atoms with Gasteiger partial charge in [-0.3, -0.25) is 0 Å². The van der Waals surface area contributed by atoms with Crippen LogP contribution in [0.25, 0.3) is 0 Å². The van der Waals surface area contributed by atoms with Crippen molar-refractivity contribution in [3.05, 3.63) is 0 Å². The molecule has 106 valence electrons. The van der Waals surface area contributed by atoms with Crippen LogP contribution in [0.2, 0.25) is 0 Å². The van der Waals surface area contributed by atoms with Crippen molar-refractivity contribution in [1.29, 1.82) is 0 Å². The van der Waals surface area contributed by atoms with Crippen LogP contribution in [0.3, 0.4) is 0 Å². The van der Waals surface area contributed by atoms with Gasteiger partial charge in [-0.25, -0.2) is 9.09 Å². The van der Waals surface area contributed by atoms with Crippen molar-refractivity contribution >= 4 is 45.6 Å². The average molecular weight is 318 g/mol. The number of hydrogen-bond acceptors (Lipinski definition) is 8. The van der Waals surface area contributed by atoms with E-state index in [0.29, 0.717) is 0 Å². The summed E-state index contributed by atoms with van der Waals surface area (Å²) < 4.78 is 14.3. The van der Waals surface area contributed by atoms with E-state index in [-0.39, 0.29) is 40.6 Å². The molecule has 0 aromatic rings. The zero-order chi connectivity index (χ0) is 13.6. The number of aliphatic hydroxyl groups excluding tert-OH is 5. The van der Waals surface area contributed by atoms with Gasteiger partial charge >= 0.3 is 45.6 Å². The molecule has 0 amide bonds. The van der Waals surface area contributed by atoms with Gasteiger partial charge in [0.15, 0.2) is 0 Å². The second-order valence-electron chi connectivity index (χ2n) is 3.70. The summed E-state index contributed by atoms with van der Waals surface area (Å²) in [6, 6.07) is 0. The Morgan fingerprint density at radius 2 is 1.28 bits per heavy atom. The molecule has 18 heavy (non-hydrogen) atoms. The summed E-state index contributed by atoms with van der Waals surface area (Å²) in [6.45, 7) is 0. The monoisotopic (exact) mass is 318 g/mol. The Morgan fingerprint density at radius 3 is 1.56 bits per heavy atom. The molecule has 12 heteroatoms. The number of rotatable bonds is 2. The molecule has 0 aromatic carbocycles. The fourth-order valence-corrected chi connectivity index (χ4v) is 2.14. The minimum Gasteiger partial charge on any atom is -1.00 e. The Hall–Kier alpha value is 1.13. The average Bonchev–Trinajstić information content (AvgIpc) is 2.19. The minimum atomic E-state index is -5.32. The smallest absolute Gasteiger partial charge is 1.00 e. The summed E-state index contributed by atoms with van der Waals surface area (Å²) in [6.07, 6.45) is -11.2. The summed E-state index contributed by atoms with van der Waals surface area (Å²) in [7, 11) is -5.32. The van der Waals surface area contributed by atoms with Gasteiger partial charge in [0.2, 0.25) is 5.79 Å². The largest absolute Gasteiger partial charge is 2.00 e. The molecule has 0 bridgehead atoms. The van der Waals surface area contributed by atoms with Gasteiger partial charge in [0.1, 0.15) is 30.5 Å². The number of hydrogen-bond donors (Lipinski definition) is 8. The zero-order valence-electron chi connectivity index (χ0n) is 10.9. The van der Waals surface area contributed by atoms with Gasteiger partial charge in [-0.15, -0.1) is 0 Å². The quantitative estimate of drug-likeness (QED) is 0.140. The van der Waals surface area contributed by atoms with Crippen LogP contribution in [0.4, 0.5) is 0 Å². The van der Waals surface area contributed by atoms with Gasteiger partial charge in [-0.1, -0.05) is 0 Å². The Labute approximate surface area is 134 Å². The SMILES string of the molecule is O=P(O)(O)OC1(O)[C@H](O)[C@H](O)C(O)[C@H](O)[C@H]1O.[Ca+2].[H-].[H-]. The molecule has 1 aliphatic carbocycles. The standard InChI is InChI=1S/C6H13O10P.Ca.2H/c7-1-2(8)4(10)6(12,5(11)3(1)9)16-17(13,14)15;;;/h1-5,7-12H,(H2,13,14,15);;;/q;+2;2*-1/t1?,2-,3+,4-,5-,6?;;;/m1.../s1. The second-order valence-corrected chi connectivity index (χ2v) is 4.86. The molecule has 0 saturated heterocycles. The Balaban J connectivity index is -0.000000963. The molecule has 1 saturated carbocycles. The van der Waals surface area contributed by atoms with Crippen molar-refractivity contribution in [2.75, 3.05) is 0 Å². The maximum atomic E-state index is 10.6. The molecule has 0 radical (unpaired) electrons. The predicted octanol–water partition coefficient (Wildman–Crippen LogP) is -4.55. The van der Waals surface area contributed by atoms with Crippen molar-refractivity contribution in [3.8, 4) is 0 Å². The van der Waals surface area contributed by atoms with Crippen molar-refractivity contribution in [2.24, 2.45) is 0 Å². The maximum absolute atomic E-state index is 10.6. The summed E-state index contributed by atoms with van der Waals surface area (Å²) in [5.74, 6) is -3.31. The molecule has 0 heterocycles. The van der Waals surface area contributed by atoms with E-state index in [1.165, 1.54) is 0 Å². The van der Waals surface area contributed by atoms with E-state index in [4.69, 9.17) is 14.9 Å². The molecule has 1 aliphatic rings. The van der Waals surface area contributed by atoms with Gasteiger partial charge in [-0.05, 0) is 0 Å². The van der Waals surface area contributed by atoms with Crippen molar-refractivity contribution in [1.82, 2.24) is 0 Å². The van der Waals surface area contributed by atoms with Crippen LogP contribution in [-0.2, 0) is 9.09 Å². The number of phosphoric acid groups is 1. The predicted molar refractivity (Wildman–Crippen MR) is 56.1 cm³/mol. The van der Waals surface area contributed by atoms with Gasteiger partial charge in [0.05, 0.1) is 0 Å². The summed E-state index contributed by atoms with van der Waals surface area (Å²) in [5.41, 5.74) is 0. The van der Waals surface area contributed by atoms with Crippen LogP contribution in [0.1, 0.15) is 2.85 Å². The molecule has 0 spiro atoms. The van der Waals surface area contributed by atoms with Gasteiger partial charge in [0.25, 0.3) is 0 Å². The molecule has 1 fully saturated rings. The fourth-order valence-electron chi connectivity index (χ4n) is 1.54. The van der Waals surface area contributed by atoms with E-state index < -0.39 is 44.1 Å². The van der Waals surface area contributed by atoms with Crippen molar-refractivity contribution in [3.63, 3.8) is 0 Å². The van der Waals surface area contributed by atoms with Crippen LogP contribution in [0.5, 0.6) is 0 Å². The first-order chi connectivity index (χ1) is 7.50. The normalized spacial score (nSPS) is 45.4. The first-order valence-corrected chi connectivity index (χ1v) is 5.92. The van der Waals surface area contributed by atoms with E-state index in [1.807, 2.05) is 0 Å². The Morgan fingerprint density at radius 1 is 0.944 bits per heavy atom. The summed E-state index contributed by atoms with van der Waals surface area (Å²) in [5, 5.41) is 55.7. The summed E-state index contributed by atoms with van der Waals surface area (Å²) in [4.78, 5) is 17.0. The van der Waals surface area contributed by atoms with Gasteiger partial charge in [0, 0.05) is 0 Å². The first kappa shape index (κ1) is 19.1. The van der Waals surface area contributed by atoms with Gasteiger partial charge < -0.3 is 43.3 Å². The molecule has 0 aliphatic heterocycles. The van der Waals surface area contributed by atoms with Crippen LogP contribution in [-0.4, -0.2) is 114 Å². The number of aliphatic hydroxyl groups is 6. The second kappa shape index (κ2) is 6.27. The molecule has 1 rings (SSSR count).